The third-order valence-electron chi connectivity index (χ3n) is 7.98. The normalized spacial score (nSPS) is 22.4. The number of rotatable bonds is 3. The number of carbonyl (C=O) groups is 3. The van der Waals surface area contributed by atoms with Crippen LogP contribution in [0.5, 0.6) is 0 Å². The lowest BCUT2D eigenvalue weighted by Gasteiger charge is -2.43. The van der Waals surface area contributed by atoms with Crippen molar-refractivity contribution < 1.29 is 28.6 Å². The summed E-state index contributed by atoms with van der Waals surface area (Å²) < 4.78 is 12.6. The zero-order chi connectivity index (χ0) is 26.3. The minimum absolute atomic E-state index is 0.0250. The number of aryl methyl sites for hydroxylation is 1. The Bertz CT molecular complexity index is 1360. The summed E-state index contributed by atoms with van der Waals surface area (Å²) in [5.41, 5.74) is 3.27. The molecule has 0 saturated heterocycles. The minimum Gasteiger partial charge on any atom is -0.481 e. The maximum absolute atomic E-state index is 13.7. The molecule has 0 saturated carbocycles. The highest BCUT2D eigenvalue weighted by molar-refractivity contribution is 6.07. The Balaban J connectivity index is 1.86. The van der Waals surface area contributed by atoms with Gasteiger partial charge in [-0.25, -0.2) is 0 Å². The molecule has 5 rings (SSSR count). The van der Waals surface area contributed by atoms with Crippen LogP contribution < -0.4 is 0 Å². The van der Waals surface area contributed by atoms with E-state index in [9.17, 15) is 19.5 Å². The van der Waals surface area contributed by atoms with E-state index in [0.717, 1.165) is 10.9 Å². The SMILES string of the molecule is Cc1cc2cc(C(C)C(=O)O)c(C)c(C3C4=C(CC(C)(C)CC4=O)OC4=C3C(=O)CC(C)(C)C4)c2o1. The molecule has 3 aliphatic rings. The first-order valence-electron chi connectivity index (χ1n) is 12.7. The fourth-order valence-corrected chi connectivity index (χ4v) is 6.35. The van der Waals surface area contributed by atoms with Gasteiger partial charge in [0.2, 0.25) is 0 Å². The van der Waals surface area contributed by atoms with Crippen LogP contribution in [0.4, 0.5) is 0 Å². The molecule has 0 spiro atoms. The monoisotopic (exact) mass is 490 g/mol. The first kappa shape index (κ1) is 24.5. The lowest BCUT2D eigenvalue weighted by Crippen LogP contribution is -2.38. The quantitative estimate of drug-likeness (QED) is 0.518. The molecule has 1 N–H and O–H groups in total. The van der Waals surface area contributed by atoms with Crippen LogP contribution in [-0.2, 0) is 19.1 Å². The van der Waals surface area contributed by atoms with E-state index < -0.39 is 17.8 Å². The van der Waals surface area contributed by atoms with E-state index in [-0.39, 0.29) is 22.4 Å². The Kier molecular flexibility index (Phi) is 5.40. The van der Waals surface area contributed by atoms with Gasteiger partial charge in [-0.2, -0.15) is 0 Å². The number of hydrogen-bond donors (Lipinski definition) is 1. The number of ether oxygens (including phenoxy) is 1. The molecule has 2 aliphatic carbocycles. The van der Waals surface area contributed by atoms with E-state index in [1.165, 1.54) is 0 Å². The summed E-state index contributed by atoms with van der Waals surface area (Å²) in [5.74, 6) is -0.409. The van der Waals surface area contributed by atoms with Crippen LogP contribution in [0.25, 0.3) is 11.0 Å². The van der Waals surface area contributed by atoms with Crippen LogP contribution in [0.1, 0.15) is 94.6 Å². The molecule has 1 aromatic heterocycles. The number of furan rings is 1. The van der Waals surface area contributed by atoms with Crippen LogP contribution >= 0.6 is 0 Å². The highest BCUT2D eigenvalue weighted by Crippen LogP contribution is 2.55. The second-order valence-electron chi connectivity index (χ2n) is 12.4. The number of carboxylic acid groups (broad SMARTS) is 1. The van der Waals surface area contributed by atoms with Crippen LogP contribution in [-0.4, -0.2) is 22.6 Å². The summed E-state index contributed by atoms with van der Waals surface area (Å²) >= 11 is 0. The van der Waals surface area contributed by atoms with Crippen molar-refractivity contribution in [2.45, 2.75) is 86.0 Å². The topological polar surface area (TPSA) is 93.8 Å². The van der Waals surface area contributed by atoms with Crippen molar-refractivity contribution in [3.63, 3.8) is 0 Å². The summed E-state index contributed by atoms with van der Waals surface area (Å²) in [4.78, 5) is 39.5. The Labute approximate surface area is 211 Å². The highest BCUT2D eigenvalue weighted by Gasteiger charge is 2.49. The Morgan fingerprint density at radius 1 is 0.944 bits per heavy atom. The van der Waals surface area contributed by atoms with E-state index in [0.29, 0.717) is 70.8 Å². The lowest BCUT2D eigenvalue weighted by atomic mass is 9.65. The number of ketones is 2. The molecule has 1 aromatic carbocycles. The molecule has 6 heteroatoms. The highest BCUT2D eigenvalue weighted by atomic mass is 16.5. The van der Waals surface area contributed by atoms with Crippen molar-refractivity contribution in [3.8, 4) is 0 Å². The maximum Gasteiger partial charge on any atom is 0.310 e. The summed E-state index contributed by atoms with van der Waals surface area (Å²) in [6.07, 6.45) is 1.91. The number of Topliss-reactive ketones (excluding diaryl/α,β-unsaturated/α-hetero) is 2. The lowest BCUT2D eigenvalue weighted by molar-refractivity contribution is -0.138. The van der Waals surface area contributed by atoms with Gasteiger partial charge in [0.15, 0.2) is 11.6 Å². The van der Waals surface area contributed by atoms with Crippen molar-refractivity contribution >= 4 is 28.5 Å². The van der Waals surface area contributed by atoms with Crippen LogP contribution in [0.2, 0.25) is 0 Å². The zero-order valence-electron chi connectivity index (χ0n) is 22.1. The fraction of sp³-hybridized carbons (Fsp3) is 0.500. The second-order valence-corrected chi connectivity index (χ2v) is 12.4. The van der Waals surface area contributed by atoms with Gasteiger partial charge in [0.25, 0.3) is 0 Å². The first-order valence-corrected chi connectivity index (χ1v) is 12.7. The van der Waals surface area contributed by atoms with E-state index in [1.807, 2.05) is 26.0 Å². The van der Waals surface area contributed by atoms with Crippen molar-refractivity contribution in [1.29, 1.82) is 0 Å². The largest absolute Gasteiger partial charge is 0.481 e. The van der Waals surface area contributed by atoms with Gasteiger partial charge in [0, 0.05) is 47.8 Å². The molecule has 2 aromatic rings. The predicted octanol–water partition coefficient (Wildman–Crippen LogP) is 6.64. The molecule has 36 heavy (non-hydrogen) atoms. The van der Waals surface area contributed by atoms with Gasteiger partial charge in [-0.05, 0) is 54.9 Å². The summed E-state index contributed by atoms with van der Waals surface area (Å²) in [6, 6.07) is 3.75. The maximum atomic E-state index is 13.7. The number of carbonyl (C=O) groups excluding carboxylic acids is 2. The molecule has 0 fully saturated rings. The number of fused-ring (bicyclic) bond motifs is 1. The van der Waals surface area contributed by atoms with E-state index in [4.69, 9.17) is 9.15 Å². The third-order valence-corrected chi connectivity index (χ3v) is 7.98. The molecule has 1 atom stereocenters. The van der Waals surface area contributed by atoms with Gasteiger partial charge in [0.05, 0.1) is 11.8 Å². The summed E-state index contributed by atoms with van der Waals surface area (Å²) in [7, 11) is 0. The standard InChI is InChI=1S/C30H34O6/c1-14-8-17-9-18(16(3)28(33)34)15(2)23(27(17)35-14)26-24-19(31)10-29(4,5)12-21(24)36-22-13-30(6,7)11-20(32)25(22)26/h8-9,16,26H,10-13H2,1-7H3,(H,33,34). The Morgan fingerprint density at radius 2 is 1.47 bits per heavy atom. The van der Waals surface area contributed by atoms with E-state index in [1.54, 1.807) is 6.92 Å². The zero-order valence-corrected chi connectivity index (χ0v) is 22.1. The van der Waals surface area contributed by atoms with Crippen molar-refractivity contribution in [2.24, 2.45) is 10.8 Å². The molecule has 0 radical (unpaired) electrons. The molecule has 190 valence electrons. The molecule has 1 aliphatic heterocycles. The Hall–Kier alpha value is -3.15. The van der Waals surface area contributed by atoms with Gasteiger partial charge < -0.3 is 14.3 Å². The van der Waals surface area contributed by atoms with Crippen LogP contribution in [0.15, 0.2) is 39.2 Å². The van der Waals surface area contributed by atoms with E-state index >= 15 is 0 Å². The van der Waals surface area contributed by atoms with E-state index in [2.05, 4.69) is 27.7 Å². The minimum atomic E-state index is -0.929. The molecular weight excluding hydrogens is 456 g/mol. The molecule has 0 amide bonds. The fourth-order valence-electron chi connectivity index (χ4n) is 6.35. The second kappa shape index (κ2) is 7.92. The molecule has 0 bridgehead atoms. The van der Waals surface area contributed by atoms with Gasteiger partial charge in [-0.3, -0.25) is 14.4 Å². The molecule has 1 unspecified atom stereocenters. The van der Waals surface area contributed by atoms with Gasteiger partial charge in [-0.15, -0.1) is 0 Å². The van der Waals surface area contributed by atoms with Crippen molar-refractivity contribution in [1.82, 2.24) is 0 Å². The molecule has 6 nitrogen and oxygen atoms in total. The van der Waals surface area contributed by atoms with Crippen molar-refractivity contribution in [2.75, 3.05) is 0 Å². The van der Waals surface area contributed by atoms with Gasteiger partial charge >= 0.3 is 5.97 Å². The summed E-state index contributed by atoms with van der Waals surface area (Å²) in [6.45, 7) is 13.6. The molecular formula is C30H34O6. The third kappa shape index (κ3) is 3.82. The molecule has 2 heterocycles. The number of benzene rings is 1. The number of hydrogen-bond acceptors (Lipinski definition) is 5. The number of allylic oxidation sites excluding steroid dienone is 4. The first-order chi connectivity index (χ1) is 16.7. The predicted molar refractivity (Wildman–Crippen MR) is 136 cm³/mol. The smallest absolute Gasteiger partial charge is 0.310 e. The van der Waals surface area contributed by atoms with Gasteiger partial charge in [0.1, 0.15) is 22.9 Å². The Morgan fingerprint density at radius 3 is 1.97 bits per heavy atom. The van der Waals surface area contributed by atoms with Crippen LogP contribution in [0, 0.1) is 24.7 Å². The van der Waals surface area contributed by atoms with Gasteiger partial charge in [-0.1, -0.05) is 27.7 Å². The summed E-state index contributed by atoms with van der Waals surface area (Å²) in [5, 5.41) is 10.6. The van der Waals surface area contributed by atoms with Crippen molar-refractivity contribution in [3.05, 3.63) is 57.2 Å². The average molecular weight is 491 g/mol. The number of carboxylic acids is 1. The number of aliphatic carboxylic acids is 1. The average Bonchev–Trinajstić information content (AvgIpc) is 3.09. The van der Waals surface area contributed by atoms with Crippen LogP contribution in [0.3, 0.4) is 0 Å².